The second kappa shape index (κ2) is 9.98. The molecule has 0 unspecified atom stereocenters. The molecule has 0 aromatic carbocycles. The van der Waals surface area contributed by atoms with Crippen molar-refractivity contribution < 1.29 is 4.79 Å². The molecule has 120 valence electrons. The van der Waals surface area contributed by atoms with Gasteiger partial charge in [0.25, 0.3) is 0 Å². The Morgan fingerprint density at radius 1 is 1.29 bits per heavy atom. The smallest absolute Gasteiger partial charge is 0.220 e. The largest absolute Gasteiger partial charge is 0.356 e. The van der Waals surface area contributed by atoms with Crippen LogP contribution >= 0.6 is 24.8 Å². The van der Waals surface area contributed by atoms with E-state index < -0.39 is 0 Å². The van der Waals surface area contributed by atoms with Gasteiger partial charge in [-0.3, -0.25) is 9.78 Å². The van der Waals surface area contributed by atoms with Crippen molar-refractivity contribution in [2.45, 2.75) is 32.6 Å². The fraction of sp³-hybridized carbons (Fsp3) is 0.600. The summed E-state index contributed by atoms with van der Waals surface area (Å²) >= 11 is 0. The lowest BCUT2D eigenvalue weighted by molar-refractivity contribution is -0.121. The van der Waals surface area contributed by atoms with E-state index in [1.54, 1.807) is 12.4 Å². The van der Waals surface area contributed by atoms with Crippen LogP contribution in [0.5, 0.6) is 0 Å². The number of aromatic nitrogens is 1. The van der Waals surface area contributed by atoms with Crippen molar-refractivity contribution in [3.63, 3.8) is 0 Å². The van der Waals surface area contributed by atoms with Crippen molar-refractivity contribution in [1.29, 1.82) is 0 Å². The topological polar surface area (TPSA) is 54.0 Å². The van der Waals surface area contributed by atoms with Crippen LogP contribution in [-0.2, 0) is 11.2 Å². The minimum atomic E-state index is 0. The van der Waals surface area contributed by atoms with E-state index in [0.29, 0.717) is 6.42 Å². The van der Waals surface area contributed by atoms with Crippen molar-refractivity contribution in [2.75, 3.05) is 19.6 Å². The highest BCUT2D eigenvalue weighted by molar-refractivity contribution is 5.85. The molecule has 1 fully saturated rings. The van der Waals surface area contributed by atoms with Crippen LogP contribution in [0, 0.1) is 5.41 Å². The number of carbonyl (C=O) groups excluding carboxylic acids is 1. The van der Waals surface area contributed by atoms with Crippen LogP contribution in [0.15, 0.2) is 24.5 Å². The van der Waals surface area contributed by atoms with Gasteiger partial charge in [-0.1, -0.05) is 6.92 Å². The molecule has 1 aliphatic rings. The summed E-state index contributed by atoms with van der Waals surface area (Å²) in [5, 5.41) is 6.44. The van der Waals surface area contributed by atoms with Crippen molar-refractivity contribution >= 4 is 30.7 Å². The zero-order valence-electron chi connectivity index (χ0n) is 12.4. The maximum absolute atomic E-state index is 11.9. The average molecular weight is 334 g/mol. The molecule has 2 rings (SSSR count). The van der Waals surface area contributed by atoms with Crippen LogP contribution in [-0.4, -0.2) is 30.5 Å². The number of piperidine rings is 1. The molecule has 0 radical (unpaired) electrons. The summed E-state index contributed by atoms with van der Waals surface area (Å²) < 4.78 is 0. The fourth-order valence-electron chi connectivity index (χ4n) is 2.41. The molecular formula is C15H25Cl2N3O. The molecule has 2 heterocycles. The Kier molecular flexibility index (Phi) is 9.58. The predicted octanol–water partition coefficient (Wildman–Crippen LogP) is 2.36. The molecule has 4 nitrogen and oxygen atoms in total. The van der Waals surface area contributed by atoms with Crippen LogP contribution in [0.25, 0.3) is 0 Å². The van der Waals surface area contributed by atoms with Crippen LogP contribution < -0.4 is 10.6 Å². The van der Waals surface area contributed by atoms with Gasteiger partial charge in [-0.05, 0) is 55.5 Å². The quantitative estimate of drug-likeness (QED) is 0.869. The van der Waals surface area contributed by atoms with Crippen molar-refractivity contribution in [2.24, 2.45) is 5.41 Å². The summed E-state index contributed by atoms with van der Waals surface area (Å²) in [6.07, 6.45) is 7.15. The van der Waals surface area contributed by atoms with E-state index in [4.69, 9.17) is 0 Å². The molecule has 0 bridgehead atoms. The molecule has 1 aromatic rings. The van der Waals surface area contributed by atoms with Gasteiger partial charge in [0.05, 0.1) is 0 Å². The lowest BCUT2D eigenvalue weighted by atomic mass is 9.81. The monoisotopic (exact) mass is 333 g/mol. The van der Waals surface area contributed by atoms with E-state index in [2.05, 4.69) is 22.5 Å². The average Bonchev–Trinajstić information content (AvgIpc) is 2.45. The zero-order chi connectivity index (χ0) is 13.6. The van der Waals surface area contributed by atoms with E-state index in [9.17, 15) is 4.79 Å². The number of hydrogen-bond acceptors (Lipinski definition) is 3. The third-order valence-corrected chi connectivity index (χ3v) is 3.91. The first-order chi connectivity index (χ1) is 9.18. The molecule has 1 amide bonds. The van der Waals surface area contributed by atoms with Crippen molar-refractivity contribution in [3.05, 3.63) is 30.1 Å². The van der Waals surface area contributed by atoms with Gasteiger partial charge in [0.1, 0.15) is 0 Å². The summed E-state index contributed by atoms with van der Waals surface area (Å²) in [4.78, 5) is 15.8. The summed E-state index contributed by atoms with van der Waals surface area (Å²) in [7, 11) is 0. The molecule has 2 N–H and O–H groups in total. The van der Waals surface area contributed by atoms with Crippen LogP contribution in [0.1, 0.15) is 31.7 Å². The molecule has 0 atom stereocenters. The van der Waals surface area contributed by atoms with Crippen LogP contribution in [0.2, 0.25) is 0 Å². The SMILES string of the molecule is CC1(CNC(=O)CCc2ccncc2)CCNCC1.Cl.Cl. The second-order valence-corrected chi connectivity index (χ2v) is 5.69. The molecule has 1 saturated heterocycles. The zero-order valence-corrected chi connectivity index (χ0v) is 14.1. The van der Waals surface area contributed by atoms with E-state index in [-0.39, 0.29) is 36.1 Å². The molecule has 0 saturated carbocycles. The number of halogens is 2. The molecule has 1 aliphatic heterocycles. The Morgan fingerprint density at radius 3 is 2.52 bits per heavy atom. The van der Waals surface area contributed by atoms with Gasteiger partial charge in [0, 0.05) is 25.4 Å². The van der Waals surface area contributed by atoms with Crippen molar-refractivity contribution in [1.82, 2.24) is 15.6 Å². The number of carbonyl (C=O) groups is 1. The molecule has 21 heavy (non-hydrogen) atoms. The number of nitrogens with one attached hydrogen (secondary N) is 2. The first-order valence-corrected chi connectivity index (χ1v) is 7.04. The van der Waals surface area contributed by atoms with Gasteiger partial charge >= 0.3 is 0 Å². The molecule has 0 aliphatic carbocycles. The van der Waals surface area contributed by atoms with Gasteiger partial charge in [-0.2, -0.15) is 0 Å². The fourth-order valence-corrected chi connectivity index (χ4v) is 2.41. The van der Waals surface area contributed by atoms with Gasteiger partial charge < -0.3 is 10.6 Å². The summed E-state index contributed by atoms with van der Waals surface area (Å²) in [6, 6.07) is 3.92. The maximum atomic E-state index is 11.9. The lowest BCUT2D eigenvalue weighted by Gasteiger charge is -2.34. The third kappa shape index (κ3) is 7.11. The molecule has 1 aromatic heterocycles. The highest BCUT2D eigenvalue weighted by atomic mass is 35.5. The summed E-state index contributed by atoms with van der Waals surface area (Å²) in [5.41, 5.74) is 1.43. The lowest BCUT2D eigenvalue weighted by Crippen LogP contribution is -2.42. The minimum Gasteiger partial charge on any atom is -0.356 e. The number of pyridine rings is 1. The van der Waals surface area contributed by atoms with Gasteiger partial charge in [-0.15, -0.1) is 24.8 Å². The Morgan fingerprint density at radius 2 is 1.90 bits per heavy atom. The minimum absolute atomic E-state index is 0. The Labute approximate surface area is 139 Å². The number of nitrogens with zero attached hydrogens (tertiary/aromatic N) is 1. The first kappa shape index (κ1) is 20.2. The Bertz CT molecular complexity index is 409. The molecule has 0 spiro atoms. The number of hydrogen-bond donors (Lipinski definition) is 2. The summed E-state index contributed by atoms with van der Waals surface area (Å²) in [5.74, 6) is 0.150. The number of amides is 1. The van der Waals surface area contributed by atoms with E-state index in [1.807, 2.05) is 12.1 Å². The van der Waals surface area contributed by atoms with Gasteiger partial charge in [0.15, 0.2) is 0 Å². The number of aryl methyl sites for hydroxylation is 1. The van der Waals surface area contributed by atoms with Gasteiger partial charge in [-0.25, -0.2) is 0 Å². The second-order valence-electron chi connectivity index (χ2n) is 5.69. The predicted molar refractivity (Wildman–Crippen MR) is 90.3 cm³/mol. The van der Waals surface area contributed by atoms with Crippen LogP contribution in [0.3, 0.4) is 0 Å². The van der Waals surface area contributed by atoms with E-state index in [1.165, 1.54) is 5.56 Å². The Balaban J connectivity index is 0.00000200. The normalized spacial score (nSPS) is 16.2. The highest BCUT2D eigenvalue weighted by Gasteiger charge is 2.26. The van der Waals surface area contributed by atoms with E-state index in [0.717, 1.165) is 38.9 Å². The summed E-state index contributed by atoms with van der Waals surface area (Å²) in [6.45, 7) is 5.17. The Hall–Kier alpha value is -0.840. The molecule has 6 heteroatoms. The third-order valence-electron chi connectivity index (χ3n) is 3.91. The standard InChI is InChI=1S/C15H23N3O.2ClH/c1-15(6-10-17-11-7-15)12-18-14(19)3-2-13-4-8-16-9-5-13;;/h4-5,8-9,17H,2-3,6-7,10-12H2,1H3,(H,18,19);2*1H. The van der Waals surface area contributed by atoms with E-state index >= 15 is 0 Å². The molecular weight excluding hydrogens is 309 g/mol. The highest BCUT2D eigenvalue weighted by Crippen LogP contribution is 2.26. The van der Waals surface area contributed by atoms with Crippen LogP contribution in [0.4, 0.5) is 0 Å². The first-order valence-electron chi connectivity index (χ1n) is 7.04. The maximum Gasteiger partial charge on any atom is 0.220 e. The van der Waals surface area contributed by atoms with Crippen molar-refractivity contribution in [3.8, 4) is 0 Å². The van der Waals surface area contributed by atoms with Gasteiger partial charge in [0.2, 0.25) is 5.91 Å². The number of rotatable bonds is 5.